The summed E-state index contributed by atoms with van der Waals surface area (Å²) in [6.07, 6.45) is 0.182. The summed E-state index contributed by atoms with van der Waals surface area (Å²) in [5, 5.41) is 20.8. The molecule has 1 aromatic rings. The van der Waals surface area contributed by atoms with Crippen molar-refractivity contribution in [3.8, 4) is 0 Å². The Balaban J connectivity index is 2.30. The van der Waals surface area contributed by atoms with Crippen LogP contribution in [0.2, 0.25) is 0 Å². The summed E-state index contributed by atoms with van der Waals surface area (Å²) in [4.78, 5) is 24.6. The zero-order chi connectivity index (χ0) is 15.6. The molecule has 114 valence electrons. The number of rotatable bonds is 4. The highest BCUT2D eigenvalue weighted by Gasteiger charge is 2.33. The predicted molar refractivity (Wildman–Crippen MR) is 76.6 cm³/mol. The number of nitrogens with two attached hydrogens (primary N) is 1. The van der Waals surface area contributed by atoms with Crippen LogP contribution in [0.3, 0.4) is 0 Å². The third-order valence-electron chi connectivity index (χ3n) is 3.80. The summed E-state index contributed by atoms with van der Waals surface area (Å²) < 4.78 is 0. The Kier molecular flexibility index (Phi) is 4.39. The summed E-state index contributed by atoms with van der Waals surface area (Å²) in [6.45, 7) is 2.56. The minimum atomic E-state index is -0.620. The highest BCUT2D eigenvalue weighted by Crippen LogP contribution is 2.30. The first kappa shape index (κ1) is 15.2. The molecule has 8 heteroatoms. The average Bonchev–Trinajstić information content (AvgIpc) is 2.95. The minimum absolute atomic E-state index is 0.00157. The van der Waals surface area contributed by atoms with Gasteiger partial charge in [0.15, 0.2) is 0 Å². The van der Waals surface area contributed by atoms with Gasteiger partial charge in [-0.2, -0.15) is 0 Å². The van der Waals surface area contributed by atoms with Crippen LogP contribution in [-0.2, 0) is 0 Å². The molecule has 0 bridgehead atoms. The fraction of sp³-hybridized carbons (Fsp3) is 0.462. The van der Waals surface area contributed by atoms with Gasteiger partial charge in [0.05, 0.1) is 11.0 Å². The first-order valence-corrected chi connectivity index (χ1v) is 6.67. The molecule has 1 saturated heterocycles. The molecule has 1 fully saturated rings. The maximum atomic E-state index is 12.5. The van der Waals surface area contributed by atoms with Gasteiger partial charge in [0.2, 0.25) is 0 Å². The number of para-hydroxylation sites is 1. The number of likely N-dealkylation sites (tertiary alicyclic amines) is 1. The monoisotopic (exact) mass is 294 g/mol. The van der Waals surface area contributed by atoms with Crippen molar-refractivity contribution in [3.63, 3.8) is 0 Å². The summed E-state index contributed by atoms with van der Waals surface area (Å²) in [5.74, 6) is 4.85. The second-order valence-electron chi connectivity index (χ2n) is 5.14. The number of benzene rings is 1. The normalized spacial score (nSPS) is 19.4. The summed E-state index contributed by atoms with van der Waals surface area (Å²) >= 11 is 0. The Hall–Kier alpha value is -2.19. The standard InChI is InChI=1S/C13H18N4O4/c1-8(18)9-5-6-16(7-9)13(19)10-3-2-4-11(15-14)12(10)17(20)21/h2-4,8-9,15,18H,5-7,14H2,1H3. The van der Waals surface area contributed by atoms with Crippen molar-refractivity contribution < 1.29 is 14.8 Å². The Morgan fingerprint density at radius 1 is 1.62 bits per heavy atom. The minimum Gasteiger partial charge on any atom is -0.393 e. The number of hydrazine groups is 1. The zero-order valence-electron chi connectivity index (χ0n) is 11.7. The molecule has 2 unspecified atom stereocenters. The van der Waals surface area contributed by atoms with Crippen LogP contribution in [0.4, 0.5) is 11.4 Å². The number of nitrogens with zero attached hydrogens (tertiary/aromatic N) is 2. The number of hydrogen-bond donors (Lipinski definition) is 3. The molecule has 0 saturated carbocycles. The topological polar surface area (TPSA) is 122 Å². The molecule has 8 nitrogen and oxygen atoms in total. The summed E-state index contributed by atoms with van der Waals surface area (Å²) in [5.41, 5.74) is 2.01. The molecular weight excluding hydrogens is 276 g/mol. The first-order valence-electron chi connectivity index (χ1n) is 6.67. The van der Waals surface area contributed by atoms with Crippen LogP contribution in [0, 0.1) is 16.0 Å². The van der Waals surface area contributed by atoms with Gasteiger partial charge >= 0.3 is 5.69 Å². The molecule has 1 aliphatic rings. The molecule has 1 aromatic carbocycles. The number of hydrogen-bond acceptors (Lipinski definition) is 6. The van der Waals surface area contributed by atoms with Crippen molar-refractivity contribution in [2.75, 3.05) is 18.5 Å². The number of carbonyl (C=O) groups excluding carboxylic acids is 1. The van der Waals surface area contributed by atoms with Crippen molar-refractivity contribution >= 4 is 17.3 Å². The SMILES string of the molecule is CC(O)C1CCN(C(=O)c2cccc(NN)c2[N+](=O)[O-])C1. The molecule has 1 heterocycles. The maximum absolute atomic E-state index is 12.5. The van der Waals surface area contributed by atoms with Crippen molar-refractivity contribution in [2.45, 2.75) is 19.4 Å². The lowest BCUT2D eigenvalue weighted by atomic mass is 10.0. The van der Waals surface area contributed by atoms with Crippen molar-refractivity contribution in [3.05, 3.63) is 33.9 Å². The Labute approximate surface area is 121 Å². The number of anilines is 1. The number of carbonyl (C=O) groups is 1. The van der Waals surface area contributed by atoms with Gasteiger partial charge in [-0.15, -0.1) is 0 Å². The van der Waals surface area contributed by atoms with Gasteiger partial charge in [0.25, 0.3) is 5.91 Å². The molecular formula is C13H18N4O4. The fourth-order valence-electron chi connectivity index (χ4n) is 2.57. The molecule has 0 spiro atoms. The van der Waals surface area contributed by atoms with E-state index in [1.807, 2.05) is 0 Å². The van der Waals surface area contributed by atoms with Gasteiger partial charge in [-0.3, -0.25) is 20.8 Å². The van der Waals surface area contributed by atoms with E-state index in [1.165, 1.54) is 23.1 Å². The number of aliphatic hydroxyl groups is 1. The molecule has 0 aromatic heterocycles. The molecule has 0 aliphatic carbocycles. The average molecular weight is 294 g/mol. The quantitative estimate of drug-likeness (QED) is 0.427. The summed E-state index contributed by atoms with van der Waals surface area (Å²) in [6, 6.07) is 4.39. The molecule has 1 amide bonds. The van der Waals surface area contributed by atoms with E-state index in [0.29, 0.717) is 19.5 Å². The lowest BCUT2D eigenvalue weighted by Gasteiger charge is -2.18. The maximum Gasteiger partial charge on any atom is 0.306 e. The number of amides is 1. The van der Waals surface area contributed by atoms with Crippen LogP contribution in [0.1, 0.15) is 23.7 Å². The smallest absolute Gasteiger partial charge is 0.306 e. The Morgan fingerprint density at radius 2 is 2.33 bits per heavy atom. The molecule has 2 atom stereocenters. The van der Waals surface area contributed by atoms with Crippen molar-refractivity contribution in [1.29, 1.82) is 0 Å². The molecule has 0 radical (unpaired) electrons. The Bertz CT molecular complexity index is 561. The fourth-order valence-corrected chi connectivity index (χ4v) is 2.57. The highest BCUT2D eigenvalue weighted by molar-refractivity contribution is 6.00. The molecule has 4 N–H and O–H groups in total. The van der Waals surface area contributed by atoms with Gasteiger partial charge in [-0.25, -0.2) is 0 Å². The zero-order valence-corrected chi connectivity index (χ0v) is 11.7. The lowest BCUT2D eigenvalue weighted by molar-refractivity contribution is -0.384. The largest absolute Gasteiger partial charge is 0.393 e. The van der Waals surface area contributed by atoms with E-state index in [-0.39, 0.29) is 22.9 Å². The van der Waals surface area contributed by atoms with Crippen LogP contribution in [0.25, 0.3) is 0 Å². The predicted octanol–water partition coefficient (Wildman–Crippen LogP) is 0.723. The molecule has 1 aliphatic heterocycles. The van der Waals surface area contributed by atoms with E-state index in [2.05, 4.69) is 5.43 Å². The van der Waals surface area contributed by atoms with Gasteiger partial charge in [-0.1, -0.05) is 6.07 Å². The van der Waals surface area contributed by atoms with E-state index in [4.69, 9.17) is 5.84 Å². The first-order chi connectivity index (χ1) is 9.95. The molecule has 2 rings (SSSR count). The van der Waals surface area contributed by atoms with E-state index in [1.54, 1.807) is 6.92 Å². The number of nitrogen functional groups attached to an aromatic ring is 1. The van der Waals surface area contributed by atoms with Crippen LogP contribution in [0.15, 0.2) is 18.2 Å². The third kappa shape index (κ3) is 2.96. The number of nitro benzene ring substituents is 1. The lowest BCUT2D eigenvalue weighted by Crippen LogP contribution is -2.31. The van der Waals surface area contributed by atoms with Gasteiger partial charge in [0, 0.05) is 19.0 Å². The van der Waals surface area contributed by atoms with Gasteiger partial charge in [0.1, 0.15) is 11.3 Å². The summed E-state index contributed by atoms with van der Waals surface area (Å²) in [7, 11) is 0. The van der Waals surface area contributed by atoms with E-state index >= 15 is 0 Å². The highest BCUT2D eigenvalue weighted by atomic mass is 16.6. The second-order valence-corrected chi connectivity index (χ2v) is 5.14. The van der Waals surface area contributed by atoms with E-state index in [9.17, 15) is 20.0 Å². The van der Waals surface area contributed by atoms with Crippen LogP contribution in [0.5, 0.6) is 0 Å². The number of nitrogens with one attached hydrogen (secondary N) is 1. The number of nitro groups is 1. The number of aliphatic hydroxyl groups excluding tert-OH is 1. The van der Waals surface area contributed by atoms with E-state index < -0.39 is 16.9 Å². The third-order valence-corrected chi connectivity index (χ3v) is 3.80. The van der Waals surface area contributed by atoms with E-state index in [0.717, 1.165) is 0 Å². The van der Waals surface area contributed by atoms with Gasteiger partial charge in [-0.05, 0) is 25.5 Å². The van der Waals surface area contributed by atoms with Crippen LogP contribution >= 0.6 is 0 Å². The molecule has 21 heavy (non-hydrogen) atoms. The van der Waals surface area contributed by atoms with Crippen LogP contribution in [-0.4, -0.2) is 40.0 Å². The van der Waals surface area contributed by atoms with Crippen molar-refractivity contribution in [1.82, 2.24) is 4.90 Å². The second kappa shape index (κ2) is 6.06. The van der Waals surface area contributed by atoms with Gasteiger partial charge < -0.3 is 15.4 Å². The Morgan fingerprint density at radius 3 is 2.86 bits per heavy atom. The van der Waals surface area contributed by atoms with Crippen LogP contribution < -0.4 is 11.3 Å². The van der Waals surface area contributed by atoms with Crippen molar-refractivity contribution in [2.24, 2.45) is 11.8 Å².